The number of aryl methyl sites for hydroxylation is 1. The van der Waals surface area contributed by atoms with Gasteiger partial charge in [-0.1, -0.05) is 6.07 Å². The molecule has 3 aromatic rings. The van der Waals surface area contributed by atoms with Gasteiger partial charge in [0, 0.05) is 31.0 Å². The summed E-state index contributed by atoms with van der Waals surface area (Å²) in [4.78, 5) is 9.28. The standard InChI is InChI=1S/C17H18N4O/c1-2-18-12-10-14-16-15(11-12)22-9-5-8-21(16)17(20-14)13-6-3-4-7-19-13/h3-4,6-7,10-11,18H,2,5,8-9H2,1H3. The maximum Gasteiger partial charge on any atom is 0.159 e. The molecule has 0 saturated carbocycles. The molecule has 3 heterocycles. The highest BCUT2D eigenvalue weighted by Gasteiger charge is 2.20. The van der Waals surface area contributed by atoms with Gasteiger partial charge in [0.25, 0.3) is 0 Å². The number of nitrogens with one attached hydrogen (secondary N) is 1. The van der Waals surface area contributed by atoms with Gasteiger partial charge in [-0.2, -0.15) is 0 Å². The van der Waals surface area contributed by atoms with E-state index in [0.717, 1.165) is 60.1 Å². The first kappa shape index (κ1) is 13.1. The molecule has 0 fully saturated rings. The Kier molecular flexibility index (Phi) is 3.18. The lowest BCUT2D eigenvalue weighted by molar-refractivity contribution is 0.316. The monoisotopic (exact) mass is 294 g/mol. The number of anilines is 1. The highest BCUT2D eigenvalue weighted by Crippen LogP contribution is 2.35. The van der Waals surface area contributed by atoms with Crippen LogP contribution < -0.4 is 10.1 Å². The van der Waals surface area contributed by atoms with Gasteiger partial charge in [0.2, 0.25) is 0 Å². The molecule has 1 aliphatic heterocycles. The van der Waals surface area contributed by atoms with Crippen LogP contribution in [0.1, 0.15) is 13.3 Å². The summed E-state index contributed by atoms with van der Waals surface area (Å²) in [5.41, 5.74) is 3.97. The van der Waals surface area contributed by atoms with Crippen LogP contribution >= 0.6 is 0 Å². The van der Waals surface area contributed by atoms with Crippen LogP contribution in [0.5, 0.6) is 5.75 Å². The Labute approximate surface area is 129 Å². The van der Waals surface area contributed by atoms with Gasteiger partial charge in [0.05, 0.1) is 12.1 Å². The van der Waals surface area contributed by atoms with E-state index in [4.69, 9.17) is 9.72 Å². The molecule has 0 amide bonds. The summed E-state index contributed by atoms with van der Waals surface area (Å²) < 4.78 is 8.17. The lowest BCUT2D eigenvalue weighted by atomic mass is 10.2. The van der Waals surface area contributed by atoms with Crippen molar-refractivity contribution < 1.29 is 4.74 Å². The van der Waals surface area contributed by atoms with Crippen molar-refractivity contribution in [3.8, 4) is 17.3 Å². The summed E-state index contributed by atoms with van der Waals surface area (Å²) in [7, 11) is 0. The van der Waals surface area contributed by atoms with Gasteiger partial charge >= 0.3 is 0 Å². The molecule has 2 aromatic heterocycles. The van der Waals surface area contributed by atoms with Crippen LogP contribution in [-0.4, -0.2) is 27.7 Å². The van der Waals surface area contributed by atoms with Gasteiger partial charge in [-0.05, 0) is 31.5 Å². The molecule has 0 spiro atoms. The average Bonchev–Trinajstić information content (AvgIpc) is 2.77. The summed E-state index contributed by atoms with van der Waals surface area (Å²) in [5, 5.41) is 3.34. The van der Waals surface area contributed by atoms with E-state index < -0.39 is 0 Å². The quantitative estimate of drug-likeness (QED) is 0.805. The van der Waals surface area contributed by atoms with Crippen molar-refractivity contribution in [3.05, 3.63) is 36.5 Å². The minimum Gasteiger partial charge on any atom is -0.491 e. The fraction of sp³-hybridized carbons (Fsp3) is 0.294. The van der Waals surface area contributed by atoms with Gasteiger partial charge in [0.1, 0.15) is 17.0 Å². The number of nitrogens with zero attached hydrogens (tertiary/aromatic N) is 3. The molecule has 112 valence electrons. The van der Waals surface area contributed by atoms with Crippen LogP contribution in [0.25, 0.3) is 22.6 Å². The lowest BCUT2D eigenvalue weighted by Crippen LogP contribution is -2.02. The number of benzene rings is 1. The molecule has 1 aliphatic rings. The Morgan fingerprint density at radius 1 is 1.32 bits per heavy atom. The van der Waals surface area contributed by atoms with Gasteiger partial charge in [-0.25, -0.2) is 4.98 Å². The summed E-state index contributed by atoms with van der Waals surface area (Å²) >= 11 is 0. The van der Waals surface area contributed by atoms with Crippen molar-refractivity contribution in [1.29, 1.82) is 0 Å². The Bertz CT molecular complexity index is 810. The van der Waals surface area contributed by atoms with E-state index in [2.05, 4.69) is 33.9 Å². The molecular weight excluding hydrogens is 276 g/mol. The number of rotatable bonds is 3. The van der Waals surface area contributed by atoms with Crippen molar-refractivity contribution in [2.24, 2.45) is 0 Å². The Balaban J connectivity index is 1.97. The zero-order chi connectivity index (χ0) is 14.9. The zero-order valence-corrected chi connectivity index (χ0v) is 12.5. The van der Waals surface area contributed by atoms with Crippen LogP contribution in [0.4, 0.5) is 5.69 Å². The zero-order valence-electron chi connectivity index (χ0n) is 12.5. The number of aromatic nitrogens is 3. The molecule has 4 rings (SSSR count). The van der Waals surface area contributed by atoms with Crippen molar-refractivity contribution in [2.45, 2.75) is 19.9 Å². The first-order valence-electron chi connectivity index (χ1n) is 7.69. The van der Waals surface area contributed by atoms with Crippen molar-refractivity contribution in [2.75, 3.05) is 18.5 Å². The average molecular weight is 294 g/mol. The molecule has 22 heavy (non-hydrogen) atoms. The van der Waals surface area contributed by atoms with Crippen LogP contribution in [0.3, 0.4) is 0 Å². The molecule has 0 saturated heterocycles. The number of pyridine rings is 1. The Morgan fingerprint density at radius 2 is 2.27 bits per heavy atom. The van der Waals surface area contributed by atoms with Crippen LogP contribution in [0.2, 0.25) is 0 Å². The van der Waals surface area contributed by atoms with E-state index in [-0.39, 0.29) is 0 Å². The summed E-state index contributed by atoms with van der Waals surface area (Å²) in [6.45, 7) is 4.59. The lowest BCUT2D eigenvalue weighted by Gasteiger charge is -2.08. The van der Waals surface area contributed by atoms with E-state index in [1.807, 2.05) is 18.2 Å². The Hall–Kier alpha value is -2.56. The molecular formula is C17H18N4O. The van der Waals surface area contributed by atoms with E-state index in [1.165, 1.54) is 0 Å². The maximum atomic E-state index is 5.94. The van der Waals surface area contributed by atoms with Gasteiger partial charge in [-0.3, -0.25) is 4.98 Å². The summed E-state index contributed by atoms with van der Waals surface area (Å²) in [6, 6.07) is 10.1. The van der Waals surface area contributed by atoms with Crippen molar-refractivity contribution >= 4 is 16.7 Å². The minimum atomic E-state index is 0.730. The predicted octanol–water partition coefficient (Wildman–Crippen LogP) is 3.31. The first-order valence-corrected chi connectivity index (χ1v) is 7.69. The predicted molar refractivity (Wildman–Crippen MR) is 87.2 cm³/mol. The second-order valence-electron chi connectivity index (χ2n) is 5.38. The van der Waals surface area contributed by atoms with Crippen LogP contribution in [0.15, 0.2) is 36.5 Å². The Morgan fingerprint density at radius 3 is 3.09 bits per heavy atom. The largest absolute Gasteiger partial charge is 0.491 e. The number of hydrogen-bond acceptors (Lipinski definition) is 4. The minimum absolute atomic E-state index is 0.730. The molecule has 1 N–H and O–H groups in total. The van der Waals surface area contributed by atoms with E-state index >= 15 is 0 Å². The topological polar surface area (TPSA) is 52.0 Å². The number of imidazole rings is 1. The SMILES string of the molecule is CCNc1cc2c3c(c1)nc(-c1ccccn1)n3CCCO2. The highest BCUT2D eigenvalue weighted by atomic mass is 16.5. The van der Waals surface area contributed by atoms with Crippen molar-refractivity contribution in [1.82, 2.24) is 14.5 Å². The highest BCUT2D eigenvalue weighted by molar-refractivity contribution is 5.89. The van der Waals surface area contributed by atoms with E-state index in [0.29, 0.717) is 0 Å². The number of ether oxygens (including phenoxy) is 1. The third-order valence-corrected chi connectivity index (χ3v) is 3.87. The first-order chi connectivity index (χ1) is 10.9. The summed E-state index contributed by atoms with van der Waals surface area (Å²) in [6.07, 6.45) is 2.77. The van der Waals surface area contributed by atoms with E-state index in [1.54, 1.807) is 6.20 Å². The van der Waals surface area contributed by atoms with Gasteiger partial charge in [0.15, 0.2) is 5.82 Å². The molecule has 5 nitrogen and oxygen atoms in total. The third-order valence-electron chi connectivity index (χ3n) is 3.87. The molecule has 0 radical (unpaired) electrons. The van der Waals surface area contributed by atoms with Gasteiger partial charge < -0.3 is 14.6 Å². The molecule has 1 aromatic carbocycles. The van der Waals surface area contributed by atoms with Gasteiger partial charge in [-0.15, -0.1) is 0 Å². The second kappa shape index (κ2) is 5.33. The molecule has 0 bridgehead atoms. The molecule has 0 unspecified atom stereocenters. The van der Waals surface area contributed by atoms with Crippen LogP contribution in [0, 0.1) is 0 Å². The fourth-order valence-corrected chi connectivity index (χ4v) is 2.96. The number of hydrogen-bond donors (Lipinski definition) is 1. The summed E-state index contributed by atoms with van der Waals surface area (Å²) in [5.74, 6) is 1.82. The van der Waals surface area contributed by atoms with Crippen LogP contribution in [-0.2, 0) is 6.54 Å². The smallest absolute Gasteiger partial charge is 0.159 e. The van der Waals surface area contributed by atoms with E-state index in [9.17, 15) is 0 Å². The third kappa shape index (κ3) is 2.09. The second-order valence-corrected chi connectivity index (χ2v) is 5.38. The molecule has 0 atom stereocenters. The van der Waals surface area contributed by atoms with Crippen molar-refractivity contribution in [3.63, 3.8) is 0 Å². The maximum absolute atomic E-state index is 5.94. The normalized spacial score (nSPS) is 13.7. The molecule has 5 heteroatoms. The molecule has 0 aliphatic carbocycles. The fourth-order valence-electron chi connectivity index (χ4n) is 2.96.